The van der Waals surface area contributed by atoms with Crippen LogP contribution in [0.25, 0.3) is 0 Å². The van der Waals surface area contributed by atoms with Gasteiger partial charge in [-0.2, -0.15) is 0 Å². The Hall–Kier alpha value is -3.32. The molecule has 202 valence electrons. The predicted molar refractivity (Wildman–Crippen MR) is 168 cm³/mol. The van der Waals surface area contributed by atoms with Crippen molar-refractivity contribution in [2.75, 3.05) is 4.90 Å². The van der Waals surface area contributed by atoms with E-state index in [1.807, 2.05) is 0 Å². The molecule has 8 rings (SSSR count). The Balaban J connectivity index is 1.00. The van der Waals surface area contributed by atoms with Gasteiger partial charge in [0, 0.05) is 29.3 Å². The highest BCUT2D eigenvalue weighted by Crippen LogP contribution is 2.49. The fourth-order valence-corrected chi connectivity index (χ4v) is 8.52. The summed E-state index contributed by atoms with van der Waals surface area (Å²) >= 11 is 0. The molecule has 1 aliphatic heterocycles. The number of rotatable bonds is 3. The quantitative estimate of drug-likeness (QED) is 0.362. The summed E-state index contributed by atoms with van der Waals surface area (Å²) in [6, 6.07) is 19.1. The van der Waals surface area contributed by atoms with E-state index in [1.54, 1.807) is 22.3 Å². The Morgan fingerprint density at radius 3 is 2.58 bits per heavy atom. The van der Waals surface area contributed by atoms with Gasteiger partial charge in [-0.15, -0.1) is 0 Å². The van der Waals surface area contributed by atoms with E-state index in [-0.39, 0.29) is 0 Å². The maximum absolute atomic E-state index is 2.62. The number of anilines is 2. The van der Waals surface area contributed by atoms with Crippen LogP contribution >= 0.6 is 0 Å². The minimum atomic E-state index is 0.489. The van der Waals surface area contributed by atoms with Crippen LogP contribution in [-0.2, 0) is 0 Å². The number of benzene rings is 2. The van der Waals surface area contributed by atoms with Crippen LogP contribution in [-0.4, -0.2) is 6.04 Å². The van der Waals surface area contributed by atoms with Crippen molar-refractivity contribution >= 4 is 11.4 Å². The molecule has 0 aromatic heterocycles. The van der Waals surface area contributed by atoms with E-state index in [9.17, 15) is 0 Å². The molecule has 2 aromatic carbocycles. The van der Waals surface area contributed by atoms with Crippen LogP contribution in [0.1, 0.15) is 87.7 Å². The number of fused-ring (bicyclic) bond motifs is 5. The molecule has 0 spiro atoms. The van der Waals surface area contributed by atoms with Gasteiger partial charge in [-0.05, 0) is 127 Å². The first kappa shape index (κ1) is 24.5. The molecule has 0 radical (unpaired) electrons. The second-order valence-electron chi connectivity index (χ2n) is 13.2. The summed E-state index contributed by atoms with van der Waals surface area (Å²) in [7, 11) is 0. The molecule has 2 aromatic rings. The second kappa shape index (κ2) is 9.95. The molecular weight excluding hydrogens is 482 g/mol. The van der Waals surface area contributed by atoms with Gasteiger partial charge in [-0.25, -0.2) is 0 Å². The van der Waals surface area contributed by atoms with Gasteiger partial charge in [0.15, 0.2) is 0 Å². The van der Waals surface area contributed by atoms with Crippen molar-refractivity contribution in [1.29, 1.82) is 0 Å². The lowest BCUT2D eigenvalue weighted by atomic mass is 9.72. The first-order valence-corrected chi connectivity index (χ1v) is 15.9. The third kappa shape index (κ3) is 4.21. The maximum atomic E-state index is 2.62. The Labute approximate surface area is 240 Å². The van der Waals surface area contributed by atoms with E-state index < -0.39 is 0 Å². The number of hydrogen-bond acceptors (Lipinski definition) is 1. The van der Waals surface area contributed by atoms with Gasteiger partial charge in [0.1, 0.15) is 0 Å². The third-order valence-electron chi connectivity index (χ3n) is 10.7. The van der Waals surface area contributed by atoms with E-state index in [2.05, 4.69) is 103 Å². The molecule has 0 amide bonds. The number of hydrogen-bond donors (Lipinski definition) is 0. The van der Waals surface area contributed by atoms with Crippen molar-refractivity contribution in [3.05, 3.63) is 130 Å². The molecule has 0 saturated heterocycles. The van der Waals surface area contributed by atoms with E-state index in [1.165, 1.54) is 79.4 Å². The Bertz CT molecular complexity index is 1510. The van der Waals surface area contributed by atoms with Crippen molar-refractivity contribution in [1.82, 2.24) is 0 Å². The van der Waals surface area contributed by atoms with Crippen molar-refractivity contribution in [2.45, 2.75) is 82.6 Å². The predicted octanol–water partition coefficient (Wildman–Crippen LogP) is 10.4. The summed E-state index contributed by atoms with van der Waals surface area (Å²) in [6.45, 7) is 2.41. The second-order valence-corrected chi connectivity index (χ2v) is 13.2. The molecule has 6 aliphatic rings. The van der Waals surface area contributed by atoms with Crippen LogP contribution in [0.15, 0.2) is 119 Å². The van der Waals surface area contributed by atoms with E-state index in [0.717, 1.165) is 18.3 Å². The molecular formula is C39H41N. The summed E-state index contributed by atoms with van der Waals surface area (Å²) in [5, 5.41) is 0. The largest absolute Gasteiger partial charge is 0.337 e. The smallest absolute Gasteiger partial charge is 0.0453 e. The van der Waals surface area contributed by atoms with Crippen LogP contribution in [0.2, 0.25) is 0 Å². The summed E-state index contributed by atoms with van der Waals surface area (Å²) in [5.41, 5.74) is 13.6. The third-order valence-corrected chi connectivity index (χ3v) is 10.7. The van der Waals surface area contributed by atoms with Crippen LogP contribution in [0.5, 0.6) is 0 Å². The average Bonchev–Trinajstić information content (AvgIpc) is 3.35. The lowest BCUT2D eigenvalue weighted by Gasteiger charge is -2.33. The molecule has 0 saturated carbocycles. The van der Waals surface area contributed by atoms with Gasteiger partial charge in [0.05, 0.1) is 0 Å². The highest BCUT2D eigenvalue weighted by atomic mass is 15.2. The first-order chi connectivity index (χ1) is 19.7. The maximum Gasteiger partial charge on any atom is 0.0453 e. The molecule has 5 atom stereocenters. The summed E-state index contributed by atoms with van der Waals surface area (Å²) < 4.78 is 0. The number of para-hydroxylation sites is 1. The van der Waals surface area contributed by atoms with Crippen LogP contribution in [0, 0.1) is 11.8 Å². The number of nitrogens with zero attached hydrogens (tertiary/aromatic N) is 1. The minimum Gasteiger partial charge on any atom is -0.337 e. The highest BCUT2D eigenvalue weighted by Gasteiger charge is 2.38. The molecule has 5 aliphatic carbocycles. The Morgan fingerprint density at radius 2 is 1.65 bits per heavy atom. The van der Waals surface area contributed by atoms with E-state index in [4.69, 9.17) is 0 Å². The Morgan fingerprint density at radius 1 is 0.800 bits per heavy atom. The molecule has 1 heterocycles. The molecule has 0 bridgehead atoms. The Kier molecular flexibility index (Phi) is 6.09. The van der Waals surface area contributed by atoms with E-state index in [0.29, 0.717) is 17.9 Å². The van der Waals surface area contributed by atoms with E-state index >= 15 is 0 Å². The summed E-state index contributed by atoms with van der Waals surface area (Å²) in [4.78, 5) is 2.62. The lowest BCUT2D eigenvalue weighted by Crippen LogP contribution is -2.30. The van der Waals surface area contributed by atoms with Gasteiger partial charge < -0.3 is 4.90 Å². The van der Waals surface area contributed by atoms with Gasteiger partial charge >= 0.3 is 0 Å². The van der Waals surface area contributed by atoms with Gasteiger partial charge in [-0.3, -0.25) is 0 Å². The van der Waals surface area contributed by atoms with Gasteiger partial charge in [0.25, 0.3) is 0 Å². The number of allylic oxidation sites excluding steroid dienone is 11. The van der Waals surface area contributed by atoms with Crippen LogP contribution in [0.4, 0.5) is 11.4 Å². The van der Waals surface area contributed by atoms with Crippen LogP contribution in [0.3, 0.4) is 0 Å². The van der Waals surface area contributed by atoms with Gasteiger partial charge in [-0.1, -0.05) is 79.8 Å². The van der Waals surface area contributed by atoms with Crippen molar-refractivity contribution < 1.29 is 0 Å². The normalized spacial score (nSPS) is 30.6. The fraction of sp³-hybridized carbons (Fsp3) is 0.385. The summed E-state index contributed by atoms with van der Waals surface area (Å²) in [6.07, 6.45) is 28.7. The topological polar surface area (TPSA) is 3.24 Å². The minimum absolute atomic E-state index is 0.489. The van der Waals surface area contributed by atoms with Crippen molar-refractivity contribution in [3.8, 4) is 0 Å². The standard InChI is InChI=1S/C39H41N/c1-26-10-11-30-24-32(14-12-28(30)22-26)34-17-16-31-23-29(13-15-33(31)25-34)27-18-20-35(21-19-27)40-38-8-4-2-6-36(38)37-7-3-5-9-39(37)40/h2-4,6-8,11,15,18-21,23-26,28-29,37,39H,5,9-10,12-14,16-17,22H2,1H3. The zero-order valence-electron chi connectivity index (χ0n) is 23.9. The first-order valence-electron chi connectivity index (χ1n) is 15.9. The SMILES string of the molecule is CC1CC=C2C=C(C3=CC4=CCC(c5ccc(N6c7ccccc7C7C=CCCC76)cc5)C=C4CC3)CCC2C1. The van der Waals surface area contributed by atoms with Gasteiger partial charge in [0.2, 0.25) is 0 Å². The fourth-order valence-electron chi connectivity index (χ4n) is 8.52. The zero-order chi connectivity index (χ0) is 26.6. The monoisotopic (exact) mass is 523 g/mol. The zero-order valence-corrected chi connectivity index (χ0v) is 23.9. The van der Waals surface area contributed by atoms with Crippen molar-refractivity contribution in [2.24, 2.45) is 11.8 Å². The van der Waals surface area contributed by atoms with Crippen LogP contribution < -0.4 is 4.90 Å². The molecule has 1 heteroatoms. The lowest BCUT2D eigenvalue weighted by molar-refractivity contribution is 0.388. The average molecular weight is 524 g/mol. The molecule has 1 nitrogen and oxygen atoms in total. The summed E-state index contributed by atoms with van der Waals surface area (Å²) in [5.74, 6) is 2.69. The highest BCUT2D eigenvalue weighted by molar-refractivity contribution is 5.74. The van der Waals surface area contributed by atoms with Crippen molar-refractivity contribution in [3.63, 3.8) is 0 Å². The molecule has 0 fully saturated rings. The molecule has 5 unspecified atom stereocenters. The molecule has 0 N–H and O–H groups in total. The molecule has 40 heavy (non-hydrogen) atoms.